The number of hydrogen-bond donors (Lipinski definition) is 2. The molecule has 0 saturated carbocycles. The molecule has 0 aromatic heterocycles. The summed E-state index contributed by atoms with van der Waals surface area (Å²) in [7, 11) is 0. The van der Waals surface area contributed by atoms with E-state index < -0.39 is 23.3 Å². The summed E-state index contributed by atoms with van der Waals surface area (Å²) in [6.07, 6.45) is -4.49. The van der Waals surface area contributed by atoms with Gasteiger partial charge in [0.1, 0.15) is 0 Å². The van der Waals surface area contributed by atoms with Crippen molar-refractivity contribution in [3.8, 4) is 0 Å². The maximum absolute atomic E-state index is 12.3. The number of halogens is 3. The van der Waals surface area contributed by atoms with Crippen LogP contribution in [0.4, 0.5) is 18.9 Å². The number of carbonyl (C=O) groups is 2. The summed E-state index contributed by atoms with van der Waals surface area (Å²) in [4.78, 5) is 20.6. The Bertz CT molecular complexity index is 428. The van der Waals surface area contributed by atoms with Crippen molar-refractivity contribution in [3.63, 3.8) is 0 Å². The molecular formula is C9H6F3NO3. The molecule has 1 rings (SSSR count). The van der Waals surface area contributed by atoms with Gasteiger partial charge in [-0.1, -0.05) is 0 Å². The van der Waals surface area contributed by atoms with Crippen LogP contribution in [0.15, 0.2) is 18.2 Å². The van der Waals surface area contributed by atoms with E-state index in [0.29, 0.717) is 12.1 Å². The molecule has 0 unspecified atom stereocenters. The van der Waals surface area contributed by atoms with Gasteiger partial charge in [-0.05, 0) is 18.2 Å². The van der Waals surface area contributed by atoms with Gasteiger partial charge in [0.2, 0.25) is 6.41 Å². The summed E-state index contributed by atoms with van der Waals surface area (Å²) >= 11 is 0. The third-order valence-electron chi connectivity index (χ3n) is 1.73. The van der Waals surface area contributed by atoms with E-state index in [4.69, 9.17) is 5.11 Å². The van der Waals surface area contributed by atoms with Gasteiger partial charge in [0.05, 0.1) is 11.1 Å². The predicted octanol–water partition coefficient (Wildman–Crippen LogP) is 1.97. The monoisotopic (exact) mass is 233 g/mol. The van der Waals surface area contributed by atoms with Crippen LogP contribution in [0.1, 0.15) is 15.9 Å². The number of carboxylic acids is 1. The van der Waals surface area contributed by atoms with Crippen LogP contribution < -0.4 is 5.32 Å². The summed E-state index contributed by atoms with van der Waals surface area (Å²) < 4.78 is 37.0. The first kappa shape index (κ1) is 12.0. The van der Waals surface area contributed by atoms with E-state index in [0.717, 1.165) is 6.07 Å². The van der Waals surface area contributed by atoms with Crippen molar-refractivity contribution in [3.05, 3.63) is 29.3 Å². The number of alkyl halides is 3. The van der Waals surface area contributed by atoms with Crippen LogP contribution in [-0.4, -0.2) is 17.5 Å². The molecule has 1 aromatic carbocycles. The topological polar surface area (TPSA) is 66.4 Å². The summed E-state index contributed by atoms with van der Waals surface area (Å²) in [5.41, 5.74) is -1.89. The molecule has 0 aliphatic rings. The largest absolute Gasteiger partial charge is 0.478 e. The number of hydrogen-bond acceptors (Lipinski definition) is 2. The van der Waals surface area contributed by atoms with Gasteiger partial charge in [0.15, 0.2) is 0 Å². The first-order chi connectivity index (χ1) is 7.34. The molecule has 0 atom stereocenters. The lowest BCUT2D eigenvalue weighted by molar-refractivity contribution is -0.137. The second kappa shape index (κ2) is 4.21. The molecule has 0 aliphatic heterocycles. The van der Waals surface area contributed by atoms with Gasteiger partial charge in [-0.3, -0.25) is 4.79 Å². The number of anilines is 1. The molecule has 0 bridgehead atoms. The van der Waals surface area contributed by atoms with E-state index in [1.54, 1.807) is 0 Å². The molecule has 0 heterocycles. The zero-order chi connectivity index (χ0) is 12.3. The second-order valence-corrected chi connectivity index (χ2v) is 2.86. The number of carboxylic acid groups (broad SMARTS) is 1. The Labute approximate surface area is 87.7 Å². The summed E-state index contributed by atoms with van der Waals surface area (Å²) in [5, 5.41) is 10.6. The zero-order valence-corrected chi connectivity index (χ0v) is 7.71. The molecule has 4 nitrogen and oxygen atoms in total. The summed E-state index contributed by atoms with van der Waals surface area (Å²) in [5.74, 6) is -1.50. The van der Waals surface area contributed by atoms with Gasteiger partial charge in [0, 0.05) is 5.69 Å². The maximum atomic E-state index is 12.3. The average molecular weight is 233 g/mol. The Morgan fingerprint density at radius 3 is 2.38 bits per heavy atom. The SMILES string of the molecule is O=CNc1cc(C(=O)O)cc(C(F)(F)F)c1. The normalized spacial score (nSPS) is 10.9. The lowest BCUT2D eigenvalue weighted by Crippen LogP contribution is -2.09. The lowest BCUT2D eigenvalue weighted by atomic mass is 10.1. The van der Waals surface area contributed by atoms with Gasteiger partial charge in [-0.2, -0.15) is 13.2 Å². The molecule has 16 heavy (non-hydrogen) atoms. The third kappa shape index (κ3) is 2.72. The van der Waals surface area contributed by atoms with Gasteiger partial charge in [0.25, 0.3) is 0 Å². The number of amides is 1. The van der Waals surface area contributed by atoms with Crippen LogP contribution in [0.25, 0.3) is 0 Å². The fraction of sp³-hybridized carbons (Fsp3) is 0.111. The van der Waals surface area contributed by atoms with Crippen LogP contribution >= 0.6 is 0 Å². The second-order valence-electron chi connectivity index (χ2n) is 2.86. The third-order valence-corrected chi connectivity index (χ3v) is 1.73. The number of carbonyl (C=O) groups excluding carboxylic acids is 1. The maximum Gasteiger partial charge on any atom is 0.416 e. The van der Waals surface area contributed by atoms with Crippen molar-refractivity contribution in [2.75, 3.05) is 5.32 Å². The minimum absolute atomic E-state index is 0.168. The van der Waals surface area contributed by atoms with E-state index in [-0.39, 0.29) is 12.1 Å². The van der Waals surface area contributed by atoms with Crippen LogP contribution in [0.5, 0.6) is 0 Å². The Hall–Kier alpha value is -2.05. The van der Waals surface area contributed by atoms with Crippen molar-refractivity contribution >= 4 is 18.1 Å². The highest BCUT2D eigenvalue weighted by Gasteiger charge is 2.31. The number of rotatable bonds is 3. The molecule has 1 aromatic rings. The van der Waals surface area contributed by atoms with Gasteiger partial charge >= 0.3 is 12.1 Å². The Morgan fingerprint density at radius 1 is 1.31 bits per heavy atom. The number of benzene rings is 1. The first-order valence-corrected chi connectivity index (χ1v) is 4.00. The fourth-order valence-corrected chi connectivity index (χ4v) is 1.07. The Kier molecular flexibility index (Phi) is 3.17. The first-order valence-electron chi connectivity index (χ1n) is 4.00. The standard InChI is InChI=1S/C9H6F3NO3/c10-9(11,12)6-1-5(8(15)16)2-7(3-6)13-4-14/h1-4H,(H,13,14)(H,15,16). The van der Waals surface area contributed by atoms with Crippen LogP contribution in [0.3, 0.4) is 0 Å². The van der Waals surface area contributed by atoms with Crippen molar-refractivity contribution in [1.29, 1.82) is 0 Å². The van der Waals surface area contributed by atoms with Gasteiger partial charge < -0.3 is 10.4 Å². The summed E-state index contributed by atoms with van der Waals surface area (Å²) in [6.45, 7) is 0. The molecule has 0 saturated heterocycles. The number of nitrogens with one attached hydrogen (secondary N) is 1. The van der Waals surface area contributed by atoms with Crippen molar-refractivity contribution < 1.29 is 27.9 Å². The molecule has 1 amide bonds. The quantitative estimate of drug-likeness (QED) is 0.784. The Balaban J connectivity index is 3.29. The molecular weight excluding hydrogens is 227 g/mol. The minimum atomic E-state index is -4.66. The van der Waals surface area contributed by atoms with Gasteiger partial charge in [-0.25, -0.2) is 4.79 Å². The van der Waals surface area contributed by atoms with Crippen LogP contribution in [0.2, 0.25) is 0 Å². The van der Waals surface area contributed by atoms with Crippen LogP contribution in [0, 0.1) is 0 Å². The molecule has 0 aliphatic carbocycles. The molecule has 86 valence electrons. The van der Waals surface area contributed by atoms with Crippen molar-refractivity contribution in [2.45, 2.75) is 6.18 Å². The smallest absolute Gasteiger partial charge is 0.416 e. The molecule has 0 fully saturated rings. The van der Waals surface area contributed by atoms with E-state index >= 15 is 0 Å². The molecule has 7 heteroatoms. The number of aromatic carboxylic acids is 1. The Morgan fingerprint density at radius 2 is 1.94 bits per heavy atom. The highest BCUT2D eigenvalue weighted by molar-refractivity contribution is 5.90. The predicted molar refractivity (Wildman–Crippen MR) is 48.1 cm³/mol. The summed E-state index contributed by atoms with van der Waals surface area (Å²) in [6, 6.07) is 2.09. The fourth-order valence-electron chi connectivity index (χ4n) is 1.07. The molecule has 0 spiro atoms. The highest BCUT2D eigenvalue weighted by atomic mass is 19.4. The van der Waals surface area contributed by atoms with Gasteiger partial charge in [-0.15, -0.1) is 0 Å². The zero-order valence-electron chi connectivity index (χ0n) is 7.71. The minimum Gasteiger partial charge on any atom is -0.478 e. The van der Waals surface area contributed by atoms with E-state index in [1.165, 1.54) is 0 Å². The highest BCUT2D eigenvalue weighted by Crippen LogP contribution is 2.31. The average Bonchev–Trinajstić information content (AvgIpc) is 2.16. The van der Waals surface area contributed by atoms with E-state index in [1.807, 2.05) is 5.32 Å². The lowest BCUT2D eigenvalue weighted by Gasteiger charge is -2.09. The van der Waals surface area contributed by atoms with Crippen molar-refractivity contribution in [1.82, 2.24) is 0 Å². The van der Waals surface area contributed by atoms with Crippen molar-refractivity contribution in [2.24, 2.45) is 0 Å². The molecule has 0 radical (unpaired) electrons. The van der Waals surface area contributed by atoms with E-state index in [2.05, 4.69) is 0 Å². The van der Waals surface area contributed by atoms with E-state index in [9.17, 15) is 22.8 Å². The molecule has 2 N–H and O–H groups in total. The van der Waals surface area contributed by atoms with Crippen LogP contribution in [-0.2, 0) is 11.0 Å².